The second kappa shape index (κ2) is 11.9. The standard InChI is InChI=1S/C30H32ClN5O4/c1-2-40-26-14-7-6-13-25(26)33-29(39)34-17-15-30(16-18-34)28(38)35(21-36(30)24-11-4-3-5-12-24)20-27(37)32-23-10-8-9-22(31)19-23/h3-14,19H,2,15-18,20-21H2,1H3,(H,32,37)(H,33,39). The molecule has 2 aliphatic heterocycles. The molecule has 4 amide bonds. The number of hydrogen-bond donors (Lipinski definition) is 2. The molecule has 0 atom stereocenters. The highest BCUT2D eigenvalue weighted by Crippen LogP contribution is 2.39. The van der Waals surface area contributed by atoms with Gasteiger partial charge in [-0.05, 0) is 62.2 Å². The Kier molecular flexibility index (Phi) is 8.11. The maximum Gasteiger partial charge on any atom is 0.321 e. The molecular weight excluding hydrogens is 530 g/mol. The number of carbonyl (C=O) groups excluding carboxylic acids is 3. The van der Waals surface area contributed by atoms with Crippen LogP contribution < -0.4 is 20.3 Å². The van der Waals surface area contributed by atoms with Crippen LogP contribution in [0.1, 0.15) is 19.8 Å². The highest BCUT2D eigenvalue weighted by Gasteiger charge is 2.54. The van der Waals surface area contributed by atoms with Crippen LogP contribution in [0.3, 0.4) is 0 Å². The quantitative estimate of drug-likeness (QED) is 0.421. The molecule has 0 radical (unpaired) electrons. The zero-order valence-electron chi connectivity index (χ0n) is 22.3. The number of urea groups is 1. The van der Waals surface area contributed by atoms with E-state index in [1.165, 1.54) is 0 Å². The van der Waals surface area contributed by atoms with E-state index < -0.39 is 5.54 Å². The Morgan fingerprint density at radius 2 is 1.68 bits per heavy atom. The summed E-state index contributed by atoms with van der Waals surface area (Å²) in [5, 5.41) is 6.29. The molecule has 10 heteroatoms. The molecule has 2 aliphatic rings. The summed E-state index contributed by atoms with van der Waals surface area (Å²) in [6.07, 6.45) is 0.876. The van der Waals surface area contributed by atoms with Crippen LogP contribution in [-0.4, -0.2) is 66.1 Å². The molecule has 0 unspecified atom stereocenters. The van der Waals surface area contributed by atoms with Gasteiger partial charge in [0.2, 0.25) is 5.91 Å². The SMILES string of the molecule is CCOc1ccccc1NC(=O)N1CCC2(CC1)C(=O)N(CC(=O)Nc1cccc(Cl)c1)CN2c1ccccc1. The van der Waals surface area contributed by atoms with Gasteiger partial charge in [-0.3, -0.25) is 9.59 Å². The Morgan fingerprint density at radius 3 is 2.40 bits per heavy atom. The number of anilines is 3. The van der Waals surface area contributed by atoms with Gasteiger partial charge in [-0.15, -0.1) is 0 Å². The number of halogens is 1. The van der Waals surface area contributed by atoms with Crippen LogP contribution in [0.15, 0.2) is 78.9 Å². The molecule has 2 fully saturated rings. The Hall–Kier alpha value is -4.24. The molecule has 2 saturated heterocycles. The first kappa shape index (κ1) is 27.3. The molecule has 2 N–H and O–H groups in total. The predicted molar refractivity (Wildman–Crippen MR) is 156 cm³/mol. The van der Waals surface area contributed by atoms with Crippen LogP contribution in [0, 0.1) is 0 Å². The molecule has 3 aromatic rings. The van der Waals surface area contributed by atoms with E-state index in [0.717, 1.165) is 5.69 Å². The van der Waals surface area contributed by atoms with E-state index in [1.54, 1.807) is 40.1 Å². The van der Waals surface area contributed by atoms with Crippen molar-refractivity contribution >= 4 is 46.5 Å². The first-order valence-corrected chi connectivity index (χ1v) is 13.7. The van der Waals surface area contributed by atoms with E-state index in [1.807, 2.05) is 55.5 Å². The predicted octanol–water partition coefficient (Wildman–Crippen LogP) is 5.05. The van der Waals surface area contributed by atoms with Crippen LogP contribution in [0.5, 0.6) is 5.75 Å². The van der Waals surface area contributed by atoms with E-state index in [4.69, 9.17) is 16.3 Å². The molecule has 40 heavy (non-hydrogen) atoms. The van der Waals surface area contributed by atoms with E-state index in [0.29, 0.717) is 54.7 Å². The summed E-state index contributed by atoms with van der Waals surface area (Å²) in [6, 6.07) is 23.7. The summed E-state index contributed by atoms with van der Waals surface area (Å²) < 4.78 is 5.64. The van der Waals surface area contributed by atoms with Gasteiger partial charge in [-0.25, -0.2) is 4.79 Å². The second-order valence-electron chi connectivity index (χ2n) is 9.84. The molecule has 0 saturated carbocycles. The van der Waals surface area contributed by atoms with Gasteiger partial charge in [0.1, 0.15) is 17.8 Å². The summed E-state index contributed by atoms with van der Waals surface area (Å²) in [5.74, 6) is 0.199. The van der Waals surface area contributed by atoms with Gasteiger partial charge < -0.3 is 30.1 Å². The van der Waals surface area contributed by atoms with Gasteiger partial charge in [-0.2, -0.15) is 0 Å². The molecule has 9 nitrogen and oxygen atoms in total. The Morgan fingerprint density at radius 1 is 0.950 bits per heavy atom. The fourth-order valence-corrected chi connectivity index (χ4v) is 5.58. The van der Waals surface area contributed by atoms with Crippen LogP contribution in [0.25, 0.3) is 0 Å². The molecule has 2 heterocycles. The third-order valence-corrected chi connectivity index (χ3v) is 7.57. The number of piperidine rings is 1. The third-order valence-electron chi connectivity index (χ3n) is 7.33. The molecule has 3 aromatic carbocycles. The lowest BCUT2D eigenvalue weighted by atomic mass is 9.85. The van der Waals surface area contributed by atoms with Crippen LogP contribution in [-0.2, 0) is 9.59 Å². The minimum absolute atomic E-state index is 0.0884. The molecular formula is C30H32ClN5O4. The number of likely N-dealkylation sites (tertiary alicyclic amines) is 1. The van der Waals surface area contributed by atoms with E-state index in [2.05, 4.69) is 15.5 Å². The topological polar surface area (TPSA) is 94.2 Å². The highest BCUT2D eigenvalue weighted by molar-refractivity contribution is 6.30. The molecule has 1 spiro atoms. The molecule has 5 rings (SSSR count). The highest BCUT2D eigenvalue weighted by atomic mass is 35.5. The molecule has 208 valence electrons. The zero-order chi connectivity index (χ0) is 28.1. The fourth-order valence-electron chi connectivity index (χ4n) is 5.39. The van der Waals surface area contributed by atoms with E-state index >= 15 is 0 Å². The summed E-state index contributed by atoms with van der Waals surface area (Å²) in [7, 11) is 0. The monoisotopic (exact) mass is 561 g/mol. The van der Waals surface area contributed by atoms with Crippen molar-refractivity contribution in [1.82, 2.24) is 9.80 Å². The maximum atomic E-state index is 13.9. The van der Waals surface area contributed by atoms with E-state index in [-0.39, 0.29) is 31.1 Å². The van der Waals surface area contributed by atoms with E-state index in [9.17, 15) is 14.4 Å². The van der Waals surface area contributed by atoms with Crippen LogP contribution >= 0.6 is 11.6 Å². The molecule has 0 bridgehead atoms. The van der Waals surface area contributed by atoms with Crippen molar-refractivity contribution < 1.29 is 19.1 Å². The average molecular weight is 562 g/mol. The number of carbonyl (C=O) groups is 3. The summed E-state index contributed by atoms with van der Waals surface area (Å²) in [4.78, 5) is 45.4. The Balaban J connectivity index is 1.30. The summed E-state index contributed by atoms with van der Waals surface area (Å²) >= 11 is 6.05. The number of nitrogens with one attached hydrogen (secondary N) is 2. The van der Waals surface area contributed by atoms with Crippen LogP contribution in [0.4, 0.5) is 21.9 Å². The zero-order valence-corrected chi connectivity index (χ0v) is 23.1. The molecule has 0 aliphatic carbocycles. The van der Waals surface area contributed by atoms with Crippen molar-refractivity contribution in [3.63, 3.8) is 0 Å². The van der Waals surface area contributed by atoms with Gasteiger partial charge in [0, 0.05) is 29.5 Å². The lowest BCUT2D eigenvalue weighted by Gasteiger charge is -2.43. The smallest absolute Gasteiger partial charge is 0.321 e. The first-order valence-electron chi connectivity index (χ1n) is 13.3. The van der Waals surface area contributed by atoms with Gasteiger partial charge in [0.15, 0.2) is 0 Å². The summed E-state index contributed by atoms with van der Waals surface area (Å²) in [5.41, 5.74) is 1.23. The Labute approximate surface area is 238 Å². The van der Waals surface area contributed by atoms with Crippen molar-refractivity contribution in [2.45, 2.75) is 25.3 Å². The number of rotatable bonds is 7. The summed E-state index contributed by atoms with van der Waals surface area (Å²) in [6.45, 7) is 3.35. The van der Waals surface area contributed by atoms with Crippen molar-refractivity contribution in [3.05, 3.63) is 83.9 Å². The number of hydrogen-bond acceptors (Lipinski definition) is 5. The number of ether oxygens (including phenoxy) is 1. The number of para-hydroxylation sites is 3. The lowest BCUT2D eigenvalue weighted by Crippen LogP contribution is -2.58. The Bertz CT molecular complexity index is 1380. The lowest BCUT2D eigenvalue weighted by molar-refractivity contribution is -0.136. The third kappa shape index (κ3) is 5.70. The first-order chi connectivity index (χ1) is 19.4. The fraction of sp³-hybridized carbons (Fsp3) is 0.300. The van der Waals surface area contributed by atoms with Gasteiger partial charge in [-0.1, -0.05) is 48.0 Å². The van der Waals surface area contributed by atoms with Crippen molar-refractivity contribution in [3.8, 4) is 5.75 Å². The normalized spacial score (nSPS) is 16.2. The van der Waals surface area contributed by atoms with Gasteiger partial charge >= 0.3 is 6.03 Å². The number of amides is 4. The minimum Gasteiger partial charge on any atom is -0.492 e. The number of nitrogens with zero attached hydrogens (tertiary/aromatic N) is 3. The van der Waals surface area contributed by atoms with Gasteiger partial charge in [0.25, 0.3) is 5.91 Å². The number of benzene rings is 3. The van der Waals surface area contributed by atoms with Gasteiger partial charge in [0.05, 0.1) is 19.0 Å². The minimum atomic E-state index is -0.850. The van der Waals surface area contributed by atoms with Crippen molar-refractivity contribution in [2.24, 2.45) is 0 Å². The molecule has 0 aromatic heterocycles. The average Bonchev–Trinajstić information content (AvgIpc) is 3.21. The van der Waals surface area contributed by atoms with Crippen molar-refractivity contribution in [1.29, 1.82) is 0 Å². The second-order valence-corrected chi connectivity index (χ2v) is 10.3. The van der Waals surface area contributed by atoms with Crippen molar-refractivity contribution in [2.75, 3.05) is 48.4 Å². The maximum absolute atomic E-state index is 13.9. The largest absolute Gasteiger partial charge is 0.492 e. The van der Waals surface area contributed by atoms with Crippen LogP contribution in [0.2, 0.25) is 5.02 Å².